The Kier molecular flexibility index (Phi) is 4.09. The molecule has 5 nitrogen and oxygen atoms in total. The number of carbonyl (C=O) groups is 2. The maximum absolute atomic E-state index is 11.9. The van der Waals surface area contributed by atoms with E-state index in [0.717, 1.165) is 20.5 Å². The van der Waals surface area contributed by atoms with Crippen LogP contribution in [0.4, 0.5) is 4.79 Å². The Morgan fingerprint density at radius 2 is 2.16 bits per heavy atom. The lowest BCUT2D eigenvalue weighted by atomic mass is 10.1. The van der Waals surface area contributed by atoms with E-state index >= 15 is 0 Å². The molecule has 1 heterocycles. The summed E-state index contributed by atoms with van der Waals surface area (Å²) in [5.41, 5.74) is 2.20. The first-order valence-corrected chi connectivity index (χ1v) is 6.77. The van der Waals surface area contributed by atoms with Crippen LogP contribution in [-0.2, 0) is 11.3 Å². The van der Waals surface area contributed by atoms with Gasteiger partial charge in [-0.15, -0.1) is 0 Å². The van der Waals surface area contributed by atoms with Gasteiger partial charge >= 0.3 is 6.09 Å². The summed E-state index contributed by atoms with van der Waals surface area (Å²) in [5, 5.41) is 8.86. The van der Waals surface area contributed by atoms with Crippen LogP contribution in [0.5, 0.6) is 0 Å². The van der Waals surface area contributed by atoms with Crippen molar-refractivity contribution in [2.75, 3.05) is 19.6 Å². The van der Waals surface area contributed by atoms with Crippen LogP contribution in [-0.4, -0.2) is 46.5 Å². The van der Waals surface area contributed by atoms with Gasteiger partial charge in [-0.25, -0.2) is 4.79 Å². The van der Waals surface area contributed by atoms with Crippen LogP contribution in [0, 0.1) is 6.92 Å². The van der Waals surface area contributed by atoms with Crippen LogP contribution >= 0.6 is 15.9 Å². The van der Waals surface area contributed by atoms with Crippen molar-refractivity contribution in [2.45, 2.75) is 13.5 Å². The van der Waals surface area contributed by atoms with Gasteiger partial charge in [0.25, 0.3) is 0 Å². The van der Waals surface area contributed by atoms with Crippen LogP contribution in [0.15, 0.2) is 22.7 Å². The molecule has 1 aliphatic rings. The zero-order chi connectivity index (χ0) is 14.0. The van der Waals surface area contributed by atoms with Gasteiger partial charge in [-0.1, -0.05) is 22.0 Å². The maximum atomic E-state index is 11.9. The molecule has 1 aromatic carbocycles. The number of carbonyl (C=O) groups excluding carboxylic acids is 1. The summed E-state index contributed by atoms with van der Waals surface area (Å²) in [5.74, 6) is -0.143. The Morgan fingerprint density at radius 3 is 2.74 bits per heavy atom. The van der Waals surface area contributed by atoms with Crippen molar-refractivity contribution < 1.29 is 14.7 Å². The summed E-state index contributed by atoms with van der Waals surface area (Å²) >= 11 is 3.40. The molecule has 0 aromatic heterocycles. The van der Waals surface area contributed by atoms with E-state index in [0.29, 0.717) is 19.6 Å². The molecule has 0 spiro atoms. The van der Waals surface area contributed by atoms with E-state index in [1.165, 1.54) is 0 Å². The quantitative estimate of drug-likeness (QED) is 0.905. The fourth-order valence-corrected chi connectivity index (χ4v) is 2.56. The highest BCUT2D eigenvalue weighted by Gasteiger charge is 2.26. The van der Waals surface area contributed by atoms with Crippen molar-refractivity contribution in [3.63, 3.8) is 0 Å². The van der Waals surface area contributed by atoms with E-state index < -0.39 is 6.09 Å². The average Bonchev–Trinajstić information content (AvgIpc) is 2.34. The molecule has 1 N–H and O–H groups in total. The first kappa shape index (κ1) is 13.9. The smallest absolute Gasteiger partial charge is 0.407 e. The molecule has 0 atom stereocenters. The molecule has 0 radical (unpaired) electrons. The van der Waals surface area contributed by atoms with E-state index in [-0.39, 0.29) is 12.5 Å². The second kappa shape index (κ2) is 5.61. The fourth-order valence-electron chi connectivity index (χ4n) is 2.08. The van der Waals surface area contributed by atoms with Gasteiger partial charge in [0.05, 0.1) is 0 Å². The minimum Gasteiger partial charge on any atom is -0.465 e. The standard InChI is InChI=1S/C13H15BrN2O3/c1-9-6-11(14)3-2-10(9)7-15-4-5-16(13(18)19)8-12(15)17/h2-3,6H,4-5,7-8H2,1H3,(H,18,19). The average molecular weight is 327 g/mol. The summed E-state index contributed by atoms with van der Waals surface area (Å²) in [6, 6.07) is 5.93. The number of rotatable bonds is 2. The van der Waals surface area contributed by atoms with Gasteiger partial charge in [0, 0.05) is 24.1 Å². The van der Waals surface area contributed by atoms with E-state index in [1.807, 2.05) is 25.1 Å². The van der Waals surface area contributed by atoms with E-state index in [4.69, 9.17) is 5.11 Å². The molecule has 0 aliphatic carbocycles. The van der Waals surface area contributed by atoms with Gasteiger partial charge in [0.15, 0.2) is 0 Å². The fraction of sp³-hybridized carbons (Fsp3) is 0.385. The minimum absolute atomic E-state index is 0.0507. The van der Waals surface area contributed by atoms with Crippen LogP contribution in [0.1, 0.15) is 11.1 Å². The zero-order valence-electron chi connectivity index (χ0n) is 10.6. The van der Waals surface area contributed by atoms with Crippen molar-refractivity contribution in [3.8, 4) is 0 Å². The van der Waals surface area contributed by atoms with Crippen LogP contribution in [0.3, 0.4) is 0 Å². The summed E-state index contributed by atoms with van der Waals surface area (Å²) in [4.78, 5) is 25.6. The molecule has 1 aliphatic heterocycles. The maximum Gasteiger partial charge on any atom is 0.407 e. The predicted octanol–water partition coefficient (Wildman–Crippen LogP) is 2.08. The molecule has 1 fully saturated rings. The summed E-state index contributed by atoms with van der Waals surface area (Å²) in [6.07, 6.45) is -1.03. The number of nitrogens with zero attached hydrogens (tertiary/aromatic N) is 2. The van der Waals surface area contributed by atoms with Crippen molar-refractivity contribution in [1.82, 2.24) is 9.80 Å². The summed E-state index contributed by atoms with van der Waals surface area (Å²) in [7, 11) is 0. The number of hydrogen-bond acceptors (Lipinski definition) is 2. The first-order valence-electron chi connectivity index (χ1n) is 5.98. The molecule has 6 heteroatoms. The normalized spacial score (nSPS) is 15.8. The topological polar surface area (TPSA) is 60.9 Å². The highest BCUT2D eigenvalue weighted by atomic mass is 79.9. The molecule has 2 amide bonds. The van der Waals surface area contributed by atoms with Gasteiger partial charge in [-0.2, -0.15) is 0 Å². The Balaban J connectivity index is 2.04. The predicted molar refractivity (Wildman–Crippen MR) is 73.9 cm³/mol. The number of carboxylic acid groups (broad SMARTS) is 1. The van der Waals surface area contributed by atoms with Crippen LogP contribution in [0.2, 0.25) is 0 Å². The van der Waals surface area contributed by atoms with Gasteiger partial charge < -0.3 is 10.0 Å². The van der Waals surface area contributed by atoms with Gasteiger partial charge in [-0.05, 0) is 30.2 Å². The number of hydrogen-bond donors (Lipinski definition) is 1. The molecular formula is C13H15BrN2O3. The third-order valence-corrected chi connectivity index (χ3v) is 3.75. The van der Waals surface area contributed by atoms with Crippen LogP contribution < -0.4 is 0 Å². The SMILES string of the molecule is Cc1cc(Br)ccc1CN1CCN(C(=O)O)CC1=O. The van der Waals surface area contributed by atoms with Crippen molar-refractivity contribution in [3.05, 3.63) is 33.8 Å². The van der Waals surface area contributed by atoms with Gasteiger partial charge in [0.1, 0.15) is 6.54 Å². The minimum atomic E-state index is -1.03. The molecule has 102 valence electrons. The third-order valence-electron chi connectivity index (χ3n) is 3.26. The molecule has 1 aromatic rings. The van der Waals surface area contributed by atoms with Gasteiger partial charge in [-0.3, -0.25) is 9.69 Å². The Bertz CT molecular complexity index is 519. The number of halogens is 1. The molecule has 0 saturated carbocycles. The Hall–Kier alpha value is -1.56. The second-order valence-corrected chi connectivity index (χ2v) is 5.51. The zero-order valence-corrected chi connectivity index (χ0v) is 12.2. The number of aryl methyl sites for hydroxylation is 1. The lowest BCUT2D eigenvalue weighted by molar-refractivity contribution is -0.135. The number of piperazine rings is 1. The molecule has 0 unspecified atom stereocenters. The summed E-state index contributed by atoms with van der Waals surface area (Å²) in [6.45, 7) is 3.30. The Morgan fingerprint density at radius 1 is 1.42 bits per heavy atom. The van der Waals surface area contributed by atoms with Crippen LogP contribution in [0.25, 0.3) is 0 Å². The molecule has 1 saturated heterocycles. The van der Waals surface area contributed by atoms with E-state index in [1.54, 1.807) is 4.90 Å². The van der Waals surface area contributed by atoms with E-state index in [2.05, 4.69) is 15.9 Å². The largest absolute Gasteiger partial charge is 0.465 e. The Labute approximate surface area is 119 Å². The molecule has 2 rings (SSSR count). The molecular weight excluding hydrogens is 312 g/mol. The molecule has 19 heavy (non-hydrogen) atoms. The lowest BCUT2D eigenvalue weighted by Gasteiger charge is -2.33. The van der Waals surface area contributed by atoms with Crippen molar-refractivity contribution >= 4 is 27.9 Å². The van der Waals surface area contributed by atoms with Crippen molar-refractivity contribution in [2.24, 2.45) is 0 Å². The second-order valence-electron chi connectivity index (χ2n) is 4.59. The van der Waals surface area contributed by atoms with E-state index in [9.17, 15) is 9.59 Å². The highest BCUT2D eigenvalue weighted by molar-refractivity contribution is 9.10. The highest BCUT2D eigenvalue weighted by Crippen LogP contribution is 2.18. The van der Waals surface area contributed by atoms with Crippen molar-refractivity contribution in [1.29, 1.82) is 0 Å². The lowest BCUT2D eigenvalue weighted by Crippen LogP contribution is -2.51. The number of benzene rings is 1. The third kappa shape index (κ3) is 3.26. The van der Waals surface area contributed by atoms with Gasteiger partial charge in [0.2, 0.25) is 5.91 Å². The molecule has 0 bridgehead atoms. The first-order chi connectivity index (χ1) is 8.97. The monoisotopic (exact) mass is 326 g/mol. The summed E-state index contributed by atoms with van der Waals surface area (Å²) < 4.78 is 1.01. The number of amides is 2.